The molecule has 7 heteroatoms. The smallest absolute Gasteiger partial charge is 0.211 e. The first kappa shape index (κ1) is 14.2. The van der Waals surface area contributed by atoms with Crippen molar-refractivity contribution in [1.82, 2.24) is 9.29 Å². The number of sulfonamides is 1. The summed E-state index contributed by atoms with van der Waals surface area (Å²) in [6.07, 6.45) is 2.37. The van der Waals surface area contributed by atoms with Crippen LogP contribution in [0.3, 0.4) is 0 Å². The lowest BCUT2D eigenvalue weighted by molar-refractivity contribution is 0.199. The normalized spacial score (nSPS) is 19.4. The number of nitrogens with zero attached hydrogens (tertiary/aromatic N) is 3. The maximum absolute atomic E-state index is 11.4. The number of hydrogen-bond donors (Lipinski definition) is 1. The molecule has 0 amide bonds. The van der Waals surface area contributed by atoms with E-state index in [0.29, 0.717) is 26.2 Å². The fourth-order valence-corrected chi connectivity index (χ4v) is 2.94. The molecular weight excluding hydrogens is 266 g/mol. The molecule has 19 heavy (non-hydrogen) atoms. The number of aromatic nitrogens is 1. The lowest BCUT2D eigenvalue weighted by atomic mass is 10.1. The Bertz CT molecular complexity index is 537. The van der Waals surface area contributed by atoms with Crippen molar-refractivity contribution in [2.24, 2.45) is 0 Å². The molecule has 106 valence electrons. The molecule has 0 aliphatic carbocycles. The molecular formula is C12H19N3O3S. The van der Waals surface area contributed by atoms with Gasteiger partial charge in [0.2, 0.25) is 10.0 Å². The molecule has 1 aromatic rings. The molecule has 0 saturated carbocycles. The van der Waals surface area contributed by atoms with Crippen LogP contribution in [-0.4, -0.2) is 55.2 Å². The molecule has 0 radical (unpaired) electrons. The highest BCUT2D eigenvalue weighted by Gasteiger charge is 2.24. The van der Waals surface area contributed by atoms with Crippen LogP contribution < -0.4 is 4.90 Å². The van der Waals surface area contributed by atoms with Crippen LogP contribution in [0, 0.1) is 0 Å². The minimum Gasteiger partial charge on any atom is -0.389 e. The second-order valence-electron chi connectivity index (χ2n) is 4.77. The second kappa shape index (κ2) is 5.44. The molecule has 0 bridgehead atoms. The van der Waals surface area contributed by atoms with Crippen molar-refractivity contribution in [3.8, 4) is 0 Å². The van der Waals surface area contributed by atoms with E-state index in [0.717, 1.165) is 11.4 Å². The van der Waals surface area contributed by atoms with E-state index in [-0.39, 0.29) is 0 Å². The van der Waals surface area contributed by atoms with E-state index in [1.807, 2.05) is 11.0 Å². The Morgan fingerprint density at radius 3 is 2.47 bits per heavy atom. The lowest BCUT2D eigenvalue weighted by Crippen LogP contribution is -2.48. The van der Waals surface area contributed by atoms with Crippen LogP contribution in [0.4, 0.5) is 5.82 Å². The molecule has 1 aromatic heterocycles. The van der Waals surface area contributed by atoms with Crippen LogP contribution in [0.25, 0.3) is 0 Å². The maximum atomic E-state index is 11.4. The van der Waals surface area contributed by atoms with Crippen molar-refractivity contribution in [2.45, 2.75) is 13.0 Å². The van der Waals surface area contributed by atoms with Gasteiger partial charge in [0.15, 0.2) is 0 Å². The molecule has 0 unspecified atom stereocenters. The summed E-state index contributed by atoms with van der Waals surface area (Å²) in [4.78, 5) is 6.31. The highest BCUT2D eigenvalue weighted by atomic mass is 32.2. The Morgan fingerprint density at radius 1 is 1.32 bits per heavy atom. The number of aliphatic hydroxyl groups excluding tert-OH is 1. The van der Waals surface area contributed by atoms with Crippen LogP contribution in [0.15, 0.2) is 18.3 Å². The molecule has 6 nitrogen and oxygen atoms in total. The quantitative estimate of drug-likeness (QED) is 0.860. The summed E-state index contributed by atoms with van der Waals surface area (Å²) in [6, 6.07) is 3.63. The number of hydrogen-bond acceptors (Lipinski definition) is 5. The summed E-state index contributed by atoms with van der Waals surface area (Å²) in [7, 11) is -3.11. The third kappa shape index (κ3) is 3.43. The standard InChI is InChI=1S/C12H19N3O3S/c1-10(16)11-3-4-13-12(9-11)14-5-7-15(8-6-14)19(2,17)18/h3-4,9-10,16H,5-8H2,1-2H3/t10-/m1/s1. The molecule has 1 saturated heterocycles. The first-order valence-corrected chi connectivity index (χ1v) is 8.07. The van der Waals surface area contributed by atoms with Crippen molar-refractivity contribution >= 4 is 15.8 Å². The molecule has 0 aromatic carbocycles. The van der Waals surface area contributed by atoms with Crippen LogP contribution in [0.2, 0.25) is 0 Å². The summed E-state index contributed by atoms with van der Waals surface area (Å²) in [5.41, 5.74) is 0.815. The minimum atomic E-state index is -3.11. The van der Waals surface area contributed by atoms with Crippen molar-refractivity contribution in [2.75, 3.05) is 37.3 Å². The van der Waals surface area contributed by atoms with Gasteiger partial charge < -0.3 is 10.0 Å². The van der Waals surface area contributed by atoms with Gasteiger partial charge in [-0.25, -0.2) is 13.4 Å². The van der Waals surface area contributed by atoms with E-state index >= 15 is 0 Å². The second-order valence-corrected chi connectivity index (χ2v) is 6.75. The zero-order chi connectivity index (χ0) is 14.0. The zero-order valence-electron chi connectivity index (χ0n) is 11.2. The topological polar surface area (TPSA) is 73.7 Å². The van der Waals surface area contributed by atoms with E-state index in [9.17, 15) is 13.5 Å². The molecule has 0 spiro atoms. The molecule has 2 heterocycles. The van der Waals surface area contributed by atoms with Gasteiger partial charge in [0.1, 0.15) is 5.82 Å². The largest absolute Gasteiger partial charge is 0.389 e. The Morgan fingerprint density at radius 2 is 1.95 bits per heavy atom. The highest BCUT2D eigenvalue weighted by molar-refractivity contribution is 7.88. The Hall–Kier alpha value is -1.18. The summed E-state index contributed by atoms with van der Waals surface area (Å²) in [6.45, 7) is 3.88. The molecule has 1 aliphatic rings. The van der Waals surface area contributed by atoms with Crippen LogP contribution >= 0.6 is 0 Å². The predicted octanol–water partition coefficient (Wildman–Crippen LogP) is 0.217. The Balaban J connectivity index is 2.07. The summed E-state index contributed by atoms with van der Waals surface area (Å²) < 4.78 is 24.3. The van der Waals surface area contributed by atoms with Crippen LogP contribution in [-0.2, 0) is 10.0 Å². The number of pyridine rings is 1. The van der Waals surface area contributed by atoms with Crippen molar-refractivity contribution < 1.29 is 13.5 Å². The van der Waals surface area contributed by atoms with E-state index in [1.165, 1.54) is 10.6 Å². The fourth-order valence-electron chi connectivity index (χ4n) is 2.12. The predicted molar refractivity (Wildman–Crippen MR) is 73.5 cm³/mol. The van der Waals surface area contributed by atoms with Gasteiger partial charge in [-0.2, -0.15) is 4.31 Å². The van der Waals surface area contributed by atoms with Gasteiger partial charge >= 0.3 is 0 Å². The van der Waals surface area contributed by atoms with Gasteiger partial charge in [0.25, 0.3) is 0 Å². The SMILES string of the molecule is C[C@@H](O)c1ccnc(N2CCN(S(C)(=O)=O)CC2)c1. The van der Waals surface area contributed by atoms with Crippen molar-refractivity contribution in [3.63, 3.8) is 0 Å². The van der Waals surface area contributed by atoms with E-state index < -0.39 is 16.1 Å². The average Bonchev–Trinajstić information content (AvgIpc) is 2.38. The van der Waals surface area contributed by atoms with E-state index in [2.05, 4.69) is 4.98 Å². The number of anilines is 1. The number of rotatable bonds is 3. The molecule has 1 aliphatic heterocycles. The Labute approximate surface area is 113 Å². The lowest BCUT2D eigenvalue weighted by Gasteiger charge is -2.34. The third-order valence-electron chi connectivity index (χ3n) is 3.28. The minimum absolute atomic E-state index is 0.472. The van der Waals surface area contributed by atoms with Gasteiger partial charge in [-0.3, -0.25) is 0 Å². The third-order valence-corrected chi connectivity index (χ3v) is 4.59. The van der Waals surface area contributed by atoms with Gasteiger partial charge in [-0.15, -0.1) is 0 Å². The average molecular weight is 285 g/mol. The van der Waals surface area contributed by atoms with Crippen molar-refractivity contribution in [3.05, 3.63) is 23.9 Å². The van der Waals surface area contributed by atoms with Crippen molar-refractivity contribution in [1.29, 1.82) is 0 Å². The first-order chi connectivity index (χ1) is 8.88. The summed E-state index contributed by atoms with van der Waals surface area (Å²) in [5, 5.41) is 9.56. The van der Waals surface area contributed by atoms with Gasteiger partial charge in [-0.05, 0) is 24.6 Å². The molecule has 1 fully saturated rings. The van der Waals surface area contributed by atoms with Gasteiger partial charge in [-0.1, -0.05) is 0 Å². The zero-order valence-corrected chi connectivity index (χ0v) is 12.0. The first-order valence-electron chi connectivity index (χ1n) is 6.22. The summed E-state index contributed by atoms with van der Waals surface area (Å²) >= 11 is 0. The highest BCUT2D eigenvalue weighted by Crippen LogP contribution is 2.19. The fraction of sp³-hybridized carbons (Fsp3) is 0.583. The Kier molecular flexibility index (Phi) is 4.07. The molecule has 1 atom stereocenters. The van der Waals surface area contributed by atoms with Crippen LogP contribution in [0.1, 0.15) is 18.6 Å². The maximum Gasteiger partial charge on any atom is 0.211 e. The number of aliphatic hydroxyl groups is 1. The van der Waals surface area contributed by atoms with E-state index in [4.69, 9.17) is 0 Å². The van der Waals surface area contributed by atoms with Crippen LogP contribution in [0.5, 0.6) is 0 Å². The summed E-state index contributed by atoms with van der Waals surface area (Å²) in [5.74, 6) is 0.784. The number of piperazine rings is 1. The monoisotopic (exact) mass is 285 g/mol. The molecule has 2 rings (SSSR count). The molecule has 1 N–H and O–H groups in total. The van der Waals surface area contributed by atoms with Gasteiger partial charge in [0.05, 0.1) is 12.4 Å². The van der Waals surface area contributed by atoms with Gasteiger partial charge in [0, 0.05) is 32.4 Å². The van der Waals surface area contributed by atoms with E-state index in [1.54, 1.807) is 19.2 Å².